The highest BCUT2D eigenvalue weighted by atomic mass is 31.0. The zero-order valence-corrected chi connectivity index (χ0v) is 9.80. The lowest BCUT2D eigenvalue weighted by atomic mass is 9.99. The van der Waals surface area contributed by atoms with Crippen LogP contribution in [0.15, 0.2) is 0 Å². The van der Waals surface area contributed by atoms with E-state index >= 15 is 0 Å². The molecule has 0 saturated carbocycles. The van der Waals surface area contributed by atoms with Crippen LogP contribution in [-0.2, 0) is 18.8 Å². The van der Waals surface area contributed by atoms with E-state index < -0.39 is 36.7 Å². The average molecular weight is 254 g/mol. The Kier molecular flexibility index (Phi) is 5.04. The molecule has 0 radical (unpaired) electrons. The fourth-order valence-electron chi connectivity index (χ4n) is 1.37. The van der Waals surface area contributed by atoms with Crippen LogP contribution in [0.25, 0.3) is 0 Å². The summed E-state index contributed by atoms with van der Waals surface area (Å²) in [5.41, 5.74) is 0. The van der Waals surface area contributed by atoms with Gasteiger partial charge >= 0.3 is 5.97 Å². The third-order valence-electron chi connectivity index (χ3n) is 2.25. The lowest BCUT2D eigenvalue weighted by Gasteiger charge is -2.39. The van der Waals surface area contributed by atoms with Gasteiger partial charge in [-0.25, -0.2) is 0 Å². The number of aliphatic hydroxyl groups excluding tert-OH is 3. The van der Waals surface area contributed by atoms with Crippen LogP contribution in [-0.4, -0.2) is 58.6 Å². The molecule has 1 fully saturated rings. The van der Waals surface area contributed by atoms with E-state index in [4.69, 9.17) is 9.26 Å². The lowest BCUT2D eigenvalue weighted by Crippen LogP contribution is -2.58. The van der Waals surface area contributed by atoms with Gasteiger partial charge in [0.25, 0.3) is 0 Å². The molecular weight excluding hydrogens is 239 g/mol. The SMILES string of the molecule is CC(=O)OCC1O[C@@H](OP)[C@@H](O)C(O)[C@@H]1O. The quantitative estimate of drug-likeness (QED) is 0.401. The lowest BCUT2D eigenvalue weighted by molar-refractivity contribution is -0.275. The summed E-state index contributed by atoms with van der Waals surface area (Å²) >= 11 is 0. The second kappa shape index (κ2) is 5.86. The van der Waals surface area contributed by atoms with Crippen molar-refractivity contribution in [3.8, 4) is 0 Å². The van der Waals surface area contributed by atoms with E-state index in [1.165, 1.54) is 6.92 Å². The number of rotatable bonds is 3. The maximum atomic E-state index is 10.6. The second-order valence-electron chi connectivity index (χ2n) is 3.45. The van der Waals surface area contributed by atoms with Crippen LogP contribution in [0.3, 0.4) is 0 Å². The maximum absolute atomic E-state index is 10.6. The van der Waals surface area contributed by atoms with Gasteiger partial charge in [0.1, 0.15) is 31.0 Å². The predicted molar refractivity (Wildman–Crippen MR) is 54.1 cm³/mol. The van der Waals surface area contributed by atoms with Crippen LogP contribution in [0.4, 0.5) is 0 Å². The number of aliphatic hydroxyl groups is 3. The van der Waals surface area contributed by atoms with Gasteiger partial charge in [0, 0.05) is 16.4 Å². The second-order valence-corrected chi connectivity index (χ2v) is 3.73. The van der Waals surface area contributed by atoms with Crippen molar-refractivity contribution in [3.63, 3.8) is 0 Å². The Bertz CT molecular complexity index is 247. The minimum atomic E-state index is -1.42. The summed E-state index contributed by atoms with van der Waals surface area (Å²) < 4.78 is 14.4. The summed E-state index contributed by atoms with van der Waals surface area (Å²) in [6.07, 6.45) is -6.15. The molecule has 1 aliphatic rings. The van der Waals surface area contributed by atoms with Crippen molar-refractivity contribution in [1.82, 2.24) is 0 Å². The van der Waals surface area contributed by atoms with Crippen molar-refractivity contribution in [2.45, 2.75) is 37.6 Å². The Morgan fingerprint density at radius 2 is 1.94 bits per heavy atom. The van der Waals surface area contributed by atoms with Gasteiger partial charge in [-0.05, 0) is 0 Å². The first kappa shape index (κ1) is 13.8. The summed E-state index contributed by atoms with van der Waals surface area (Å²) in [7, 11) is 1.88. The third kappa shape index (κ3) is 3.10. The summed E-state index contributed by atoms with van der Waals surface area (Å²) in [5.74, 6) is -0.528. The van der Waals surface area contributed by atoms with Gasteiger partial charge in [-0.2, -0.15) is 0 Å². The van der Waals surface area contributed by atoms with Crippen LogP contribution in [0, 0.1) is 0 Å². The Morgan fingerprint density at radius 3 is 2.44 bits per heavy atom. The highest BCUT2D eigenvalue weighted by molar-refractivity contribution is 7.09. The Hall–Kier alpha value is -0.300. The van der Waals surface area contributed by atoms with Gasteiger partial charge in [-0.3, -0.25) is 4.79 Å². The number of ether oxygens (including phenoxy) is 2. The molecule has 3 unspecified atom stereocenters. The van der Waals surface area contributed by atoms with E-state index in [9.17, 15) is 20.1 Å². The molecule has 0 spiro atoms. The maximum Gasteiger partial charge on any atom is 0.302 e. The number of carbonyl (C=O) groups is 1. The number of hydrogen-bond acceptors (Lipinski definition) is 7. The molecule has 94 valence electrons. The average Bonchev–Trinajstić information content (AvgIpc) is 2.25. The van der Waals surface area contributed by atoms with Gasteiger partial charge in [0.05, 0.1) is 0 Å². The van der Waals surface area contributed by atoms with Crippen LogP contribution in [0.1, 0.15) is 6.92 Å². The van der Waals surface area contributed by atoms with Crippen molar-refractivity contribution in [1.29, 1.82) is 0 Å². The fraction of sp³-hybridized carbons (Fsp3) is 0.875. The Morgan fingerprint density at radius 1 is 1.31 bits per heavy atom. The van der Waals surface area contributed by atoms with Crippen LogP contribution in [0.2, 0.25) is 0 Å². The largest absolute Gasteiger partial charge is 0.463 e. The van der Waals surface area contributed by atoms with Gasteiger partial charge in [-0.15, -0.1) is 0 Å². The first-order valence-corrected chi connectivity index (χ1v) is 5.13. The summed E-state index contributed by atoms with van der Waals surface area (Å²) in [6, 6.07) is 0. The zero-order chi connectivity index (χ0) is 12.3. The molecule has 1 heterocycles. The zero-order valence-electron chi connectivity index (χ0n) is 8.65. The predicted octanol–water partition coefficient (Wildman–Crippen LogP) is -1.84. The molecular formula is C8H15O7P. The molecule has 3 N–H and O–H groups in total. The standard InChI is InChI=1S/C8H15O7P/c1-3(9)13-2-4-5(10)6(11)7(12)8(14-4)15-16/h4-8,10-12H,2,16H2,1H3/t4?,5-,6?,7+,8+/m1/s1. The van der Waals surface area contributed by atoms with Crippen LogP contribution >= 0.6 is 9.47 Å². The number of hydrogen-bond donors (Lipinski definition) is 3. The van der Waals surface area contributed by atoms with Crippen molar-refractivity contribution in [2.75, 3.05) is 6.61 Å². The molecule has 0 aromatic rings. The molecule has 0 amide bonds. The third-order valence-corrected chi connectivity index (χ3v) is 2.52. The summed E-state index contributed by atoms with van der Waals surface area (Å²) in [5, 5.41) is 28.4. The van der Waals surface area contributed by atoms with Crippen molar-refractivity contribution in [2.24, 2.45) is 0 Å². The van der Waals surface area contributed by atoms with E-state index in [2.05, 4.69) is 4.74 Å². The molecule has 0 aromatic heterocycles. The molecule has 8 heteroatoms. The molecule has 1 rings (SSSR count). The minimum absolute atomic E-state index is 0.217. The molecule has 7 nitrogen and oxygen atoms in total. The highest BCUT2D eigenvalue weighted by Crippen LogP contribution is 2.23. The van der Waals surface area contributed by atoms with E-state index in [1.54, 1.807) is 0 Å². The number of carbonyl (C=O) groups excluding carboxylic acids is 1. The molecule has 1 aliphatic heterocycles. The summed E-state index contributed by atoms with van der Waals surface area (Å²) in [6.45, 7) is 0.995. The molecule has 0 aliphatic carbocycles. The topological polar surface area (TPSA) is 105 Å². The van der Waals surface area contributed by atoms with Crippen molar-refractivity contribution < 1.29 is 34.1 Å². The molecule has 0 bridgehead atoms. The van der Waals surface area contributed by atoms with Crippen molar-refractivity contribution >= 4 is 15.4 Å². The monoisotopic (exact) mass is 254 g/mol. The summed E-state index contributed by atoms with van der Waals surface area (Å²) in [4.78, 5) is 10.6. The number of esters is 1. The van der Waals surface area contributed by atoms with E-state index in [1.807, 2.05) is 9.47 Å². The van der Waals surface area contributed by atoms with E-state index in [-0.39, 0.29) is 6.61 Å². The van der Waals surface area contributed by atoms with E-state index in [0.717, 1.165) is 0 Å². The van der Waals surface area contributed by atoms with Crippen molar-refractivity contribution in [3.05, 3.63) is 0 Å². The first-order valence-electron chi connectivity index (χ1n) is 4.66. The smallest absolute Gasteiger partial charge is 0.302 e. The first-order chi connectivity index (χ1) is 7.47. The molecule has 1 saturated heterocycles. The molecule has 6 atom stereocenters. The van der Waals surface area contributed by atoms with Gasteiger partial charge in [0.15, 0.2) is 6.29 Å². The van der Waals surface area contributed by atoms with E-state index in [0.29, 0.717) is 0 Å². The van der Waals surface area contributed by atoms with Crippen LogP contribution < -0.4 is 0 Å². The van der Waals surface area contributed by atoms with Gasteiger partial charge < -0.3 is 29.3 Å². The van der Waals surface area contributed by atoms with Gasteiger partial charge in [-0.1, -0.05) is 0 Å². The fourth-order valence-corrected chi connectivity index (χ4v) is 1.59. The molecule has 0 aromatic carbocycles. The minimum Gasteiger partial charge on any atom is -0.463 e. The van der Waals surface area contributed by atoms with Gasteiger partial charge in [0.2, 0.25) is 0 Å². The Labute approximate surface area is 94.6 Å². The normalized spacial score (nSPS) is 39.4. The highest BCUT2D eigenvalue weighted by Gasteiger charge is 2.44. The van der Waals surface area contributed by atoms with Crippen LogP contribution in [0.5, 0.6) is 0 Å². The molecule has 16 heavy (non-hydrogen) atoms. The Balaban J connectivity index is 2.60.